The minimum absolute atomic E-state index is 0.0178. The van der Waals surface area contributed by atoms with Gasteiger partial charge in [0.1, 0.15) is 14.3 Å². The van der Waals surface area contributed by atoms with Crippen LogP contribution < -0.4 is 4.98 Å². The van der Waals surface area contributed by atoms with Gasteiger partial charge in [-0.05, 0) is 11.5 Å². The highest BCUT2D eigenvalue weighted by Crippen LogP contribution is 2.34. The minimum Gasteiger partial charge on any atom is -0.481 e. The first kappa shape index (κ1) is 16.1. The van der Waals surface area contributed by atoms with Crippen LogP contribution in [-0.4, -0.2) is 36.4 Å². The molecule has 0 amide bonds. The Kier molecular flexibility index (Phi) is 5.34. The SMILES string of the molecule is CC(C)(C)[Si](C)(C)N[C@@H](CCC(=O)O)C(=O)O. The van der Waals surface area contributed by atoms with E-state index >= 15 is 0 Å². The maximum Gasteiger partial charge on any atom is 0.320 e. The molecule has 3 N–H and O–H groups in total. The topological polar surface area (TPSA) is 86.6 Å². The summed E-state index contributed by atoms with van der Waals surface area (Å²) in [6, 6.07) is -0.771. The highest BCUT2D eigenvalue weighted by molar-refractivity contribution is 6.78. The lowest BCUT2D eigenvalue weighted by atomic mass is 10.2. The van der Waals surface area contributed by atoms with Gasteiger partial charge in [0.15, 0.2) is 0 Å². The Balaban J connectivity index is 4.66. The Bertz CT molecular complexity index is 296. The third-order valence-electron chi connectivity index (χ3n) is 3.36. The second kappa shape index (κ2) is 5.64. The fourth-order valence-electron chi connectivity index (χ4n) is 1.18. The van der Waals surface area contributed by atoms with Crippen molar-refractivity contribution in [3.05, 3.63) is 0 Å². The molecule has 6 heteroatoms. The van der Waals surface area contributed by atoms with E-state index in [1.54, 1.807) is 0 Å². The van der Waals surface area contributed by atoms with Gasteiger partial charge >= 0.3 is 11.9 Å². The summed E-state index contributed by atoms with van der Waals surface area (Å²) >= 11 is 0. The molecule has 0 aromatic rings. The monoisotopic (exact) mass is 261 g/mol. The van der Waals surface area contributed by atoms with Crippen LogP contribution in [0.3, 0.4) is 0 Å². The molecule has 5 nitrogen and oxygen atoms in total. The number of hydrogen-bond donors (Lipinski definition) is 3. The van der Waals surface area contributed by atoms with Crippen molar-refractivity contribution in [3.8, 4) is 0 Å². The van der Waals surface area contributed by atoms with Crippen molar-refractivity contribution in [2.45, 2.75) is 57.8 Å². The summed E-state index contributed by atoms with van der Waals surface area (Å²) in [6.07, 6.45) is -0.00420. The summed E-state index contributed by atoms with van der Waals surface area (Å²) in [5.74, 6) is -1.94. The normalized spacial score (nSPS) is 14.4. The van der Waals surface area contributed by atoms with E-state index < -0.39 is 26.2 Å². The smallest absolute Gasteiger partial charge is 0.320 e. The van der Waals surface area contributed by atoms with E-state index in [1.807, 2.05) is 0 Å². The molecule has 0 spiro atoms. The van der Waals surface area contributed by atoms with Crippen LogP contribution in [0.1, 0.15) is 33.6 Å². The standard InChI is InChI=1S/C11H23NO4Si/c1-11(2,3)17(4,5)12-8(10(15)16)6-7-9(13)14/h8,12H,6-7H2,1-5H3,(H,13,14)(H,15,16)/t8-/m0/s1. The van der Waals surface area contributed by atoms with Crippen LogP contribution in [0.4, 0.5) is 0 Å². The average molecular weight is 261 g/mol. The first-order valence-electron chi connectivity index (χ1n) is 5.69. The van der Waals surface area contributed by atoms with Crippen LogP contribution in [0.5, 0.6) is 0 Å². The van der Waals surface area contributed by atoms with Gasteiger partial charge in [-0.3, -0.25) is 9.59 Å². The van der Waals surface area contributed by atoms with Crippen molar-refractivity contribution < 1.29 is 19.8 Å². The average Bonchev–Trinajstić information content (AvgIpc) is 2.09. The predicted molar refractivity (Wildman–Crippen MR) is 68.6 cm³/mol. The molecule has 0 saturated heterocycles. The predicted octanol–water partition coefficient (Wildman–Crippen LogP) is 1.90. The number of carboxylic acid groups (broad SMARTS) is 2. The van der Waals surface area contributed by atoms with Gasteiger partial charge in [0.05, 0.1) is 0 Å². The molecule has 0 fully saturated rings. The molecular formula is C11H23NO4Si. The number of carboxylic acids is 2. The molecule has 17 heavy (non-hydrogen) atoms. The van der Waals surface area contributed by atoms with Gasteiger partial charge in [-0.1, -0.05) is 33.9 Å². The van der Waals surface area contributed by atoms with E-state index in [9.17, 15) is 9.59 Å². The second-order valence-electron chi connectivity index (χ2n) is 5.84. The fourth-order valence-corrected chi connectivity index (χ4v) is 2.75. The van der Waals surface area contributed by atoms with Gasteiger partial charge in [-0.25, -0.2) is 0 Å². The molecule has 0 rings (SSSR count). The van der Waals surface area contributed by atoms with Gasteiger partial charge in [-0.2, -0.15) is 0 Å². The van der Waals surface area contributed by atoms with Crippen LogP contribution in [0.15, 0.2) is 0 Å². The van der Waals surface area contributed by atoms with Gasteiger partial charge in [-0.15, -0.1) is 0 Å². The lowest BCUT2D eigenvalue weighted by molar-refractivity contribution is -0.140. The third kappa shape index (κ3) is 5.32. The van der Waals surface area contributed by atoms with Crippen LogP contribution in [0.25, 0.3) is 0 Å². The summed E-state index contributed by atoms with van der Waals surface area (Å²) in [7, 11) is -1.93. The van der Waals surface area contributed by atoms with Gasteiger partial charge in [0.25, 0.3) is 0 Å². The molecule has 0 aromatic heterocycles. The van der Waals surface area contributed by atoms with E-state index in [0.717, 1.165) is 0 Å². The molecule has 0 radical (unpaired) electrons. The Morgan fingerprint density at radius 1 is 1.24 bits per heavy atom. The van der Waals surface area contributed by atoms with Gasteiger partial charge in [0, 0.05) is 6.42 Å². The van der Waals surface area contributed by atoms with Crippen molar-refractivity contribution in [1.82, 2.24) is 4.98 Å². The van der Waals surface area contributed by atoms with Crippen molar-refractivity contribution in [2.24, 2.45) is 0 Å². The minimum atomic E-state index is -1.93. The molecule has 0 heterocycles. The summed E-state index contributed by atoms with van der Waals surface area (Å²) < 4.78 is 0. The summed E-state index contributed by atoms with van der Waals surface area (Å²) in [5.41, 5.74) is 0. The first-order valence-corrected chi connectivity index (χ1v) is 8.69. The van der Waals surface area contributed by atoms with Crippen LogP contribution in [0.2, 0.25) is 18.1 Å². The zero-order valence-electron chi connectivity index (χ0n) is 11.2. The van der Waals surface area contributed by atoms with E-state index in [-0.39, 0.29) is 17.9 Å². The maximum absolute atomic E-state index is 11.1. The number of hydrogen-bond acceptors (Lipinski definition) is 3. The third-order valence-corrected chi connectivity index (χ3v) is 8.18. The van der Waals surface area contributed by atoms with E-state index in [4.69, 9.17) is 10.2 Å². The first-order chi connectivity index (χ1) is 7.47. The fraction of sp³-hybridized carbons (Fsp3) is 0.818. The van der Waals surface area contributed by atoms with E-state index in [1.165, 1.54) is 0 Å². The lowest BCUT2D eigenvalue weighted by Crippen LogP contribution is -2.58. The maximum atomic E-state index is 11.1. The Hall–Kier alpha value is -0.883. The highest BCUT2D eigenvalue weighted by atomic mass is 28.3. The molecule has 0 saturated carbocycles. The lowest BCUT2D eigenvalue weighted by Gasteiger charge is -2.39. The Labute approximate surface area is 103 Å². The molecule has 0 unspecified atom stereocenters. The number of nitrogens with one attached hydrogen (secondary N) is 1. The van der Waals surface area contributed by atoms with Crippen LogP contribution in [0, 0.1) is 0 Å². The van der Waals surface area contributed by atoms with Gasteiger partial charge < -0.3 is 15.2 Å². The number of carbonyl (C=O) groups is 2. The van der Waals surface area contributed by atoms with Crippen LogP contribution >= 0.6 is 0 Å². The molecule has 0 aliphatic rings. The quantitative estimate of drug-likeness (QED) is 0.636. The molecule has 0 aliphatic carbocycles. The second-order valence-corrected chi connectivity index (χ2v) is 10.9. The number of rotatable bonds is 6. The molecule has 0 aliphatic heterocycles. The summed E-state index contributed by atoms with van der Waals surface area (Å²) in [5, 5.41) is 17.7. The Morgan fingerprint density at radius 2 is 1.71 bits per heavy atom. The number of aliphatic carboxylic acids is 2. The van der Waals surface area contributed by atoms with Crippen molar-refractivity contribution in [1.29, 1.82) is 0 Å². The molecule has 100 valence electrons. The highest BCUT2D eigenvalue weighted by Gasteiger charge is 2.38. The van der Waals surface area contributed by atoms with E-state index in [2.05, 4.69) is 38.8 Å². The molecule has 0 aromatic carbocycles. The largest absolute Gasteiger partial charge is 0.481 e. The summed E-state index contributed by atoms with van der Waals surface area (Å²) in [6.45, 7) is 10.3. The zero-order chi connectivity index (χ0) is 13.9. The summed E-state index contributed by atoms with van der Waals surface area (Å²) in [4.78, 5) is 24.7. The van der Waals surface area contributed by atoms with Crippen molar-refractivity contribution in [2.75, 3.05) is 0 Å². The zero-order valence-corrected chi connectivity index (χ0v) is 12.2. The van der Waals surface area contributed by atoms with Gasteiger partial charge in [0.2, 0.25) is 0 Å². The molecular weight excluding hydrogens is 238 g/mol. The van der Waals surface area contributed by atoms with Crippen molar-refractivity contribution >= 4 is 20.2 Å². The molecule has 1 atom stereocenters. The van der Waals surface area contributed by atoms with Crippen molar-refractivity contribution in [3.63, 3.8) is 0 Å². The Morgan fingerprint density at radius 3 is 2.00 bits per heavy atom. The van der Waals surface area contributed by atoms with Crippen LogP contribution in [-0.2, 0) is 9.59 Å². The molecule has 0 bridgehead atoms. The van der Waals surface area contributed by atoms with E-state index in [0.29, 0.717) is 0 Å².